The minimum Gasteiger partial charge on any atom is -0.497 e. The van der Waals surface area contributed by atoms with Crippen molar-refractivity contribution in [3.05, 3.63) is 65.2 Å². The molecule has 2 aromatic carbocycles. The van der Waals surface area contributed by atoms with Gasteiger partial charge in [-0.2, -0.15) is 0 Å². The largest absolute Gasteiger partial charge is 0.497 e. The first-order valence-electron chi connectivity index (χ1n) is 9.12. The number of nitrogens with one attached hydrogen (secondary N) is 1. The number of ether oxygens (including phenoxy) is 1. The number of methoxy groups -OCH3 is 1. The molecule has 25 heavy (non-hydrogen) atoms. The summed E-state index contributed by atoms with van der Waals surface area (Å²) in [6, 6.07) is 17.2. The average molecular weight is 337 g/mol. The van der Waals surface area contributed by atoms with E-state index in [9.17, 15) is 4.79 Å². The highest BCUT2D eigenvalue weighted by atomic mass is 16.5. The first-order valence-corrected chi connectivity index (χ1v) is 9.12. The van der Waals surface area contributed by atoms with E-state index < -0.39 is 0 Å². The lowest BCUT2D eigenvalue weighted by Gasteiger charge is -2.34. The zero-order valence-electron chi connectivity index (χ0n) is 15.1. The molecular weight excluding hydrogens is 310 g/mol. The molecule has 3 rings (SSSR count). The molecule has 1 N–H and O–H groups in total. The summed E-state index contributed by atoms with van der Waals surface area (Å²) in [6.45, 7) is 2.31. The van der Waals surface area contributed by atoms with Crippen molar-refractivity contribution in [3.8, 4) is 5.75 Å². The highest BCUT2D eigenvalue weighted by Crippen LogP contribution is 2.41. The van der Waals surface area contributed by atoms with Gasteiger partial charge in [-0.15, -0.1) is 0 Å². The molecule has 2 aromatic rings. The Kier molecular flexibility index (Phi) is 5.75. The van der Waals surface area contributed by atoms with Gasteiger partial charge in [-0.25, -0.2) is 0 Å². The zero-order chi connectivity index (χ0) is 17.6. The van der Waals surface area contributed by atoms with Crippen molar-refractivity contribution < 1.29 is 9.53 Å². The van der Waals surface area contributed by atoms with E-state index in [4.69, 9.17) is 4.74 Å². The van der Waals surface area contributed by atoms with E-state index >= 15 is 0 Å². The summed E-state index contributed by atoms with van der Waals surface area (Å²) in [5, 5.41) is 2.97. The van der Waals surface area contributed by atoms with Crippen LogP contribution in [-0.4, -0.2) is 19.6 Å². The Morgan fingerprint density at radius 2 is 2.00 bits per heavy atom. The van der Waals surface area contributed by atoms with E-state index in [1.165, 1.54) is 23.1 Å². The molecule has 0 radical (unpaired) electrons. The van der Waals surface area contributed by atoms with Crippen LogP contribution >= 0.6 is 0 Å². The lowest BCUT2D eigenvalue weighted by Crippen LogP contribution is -2.28. The lowest BCUT2D eigenvalue weighted by atomic mass is 9.71. The quantitative estimate of drug-likeness (QED) is 0.861. The van der Waals surface area contributed by atoms with Crippen molar-refractivity contribution in [2.24, 2.45) is 5.92 Å². The first kappa shape index (κ1) is 17.5. The highest BCUT2D eigenvalue weighted by molar-refractivity contribution is 5.72. The Morgan fingerprint density at radius 3 is 2.72 bits per heavy atom. The fourth-order valence-corrected chi connectivity index (χ4v) is 4.02. The molecule has 0 saturated heterocycles. The van der Waals surface area contributed by atoms with Gasteiger partial charge < -0.3 is 10.1 Å². The van der Waals surface area contributed by atoms with Crippen LogP contribution in [-0.2, 0) is 17.6 Å². The summed E-state index contributed by atoms with van der Waals surface area (Å²) in [7, 11) is 1.72. The average Bonchev–Trinajstić information content (AvgIpc) is 2.63. The van der Waals surface area contributed by atoms with Crippen LogP contribution in [0.3, 0.4) is 0 Å². The molecule has 2 atom stereocenters. The minimum atomic E-state index is 0.0429. The maximum Gasteiger partial charge on any atom is 0.216 e. The third-order valence-corrected chi connectivity index (χ3v) is 5.28. The molecule has 3 heteroatoms. The maximum atomic E-state index is 11.3. The fraction of sp³-hybridized carbons (Fsp3) is 0.409. The van der Waals surface area contributed by atoms with E-state index in [0.29, 0.717) is 11.8 Å². The number of benzene rings is 2. The van der Waals surface area contributed by atoms with Crippen molar-refractivity contribution in [1.29, 1.82) is 0 Å². The van der Waals surface area contributed by atoms with Gasteiger partial charge in [0.15, 0.2) is 0 Å². The number of carbonyl (C=O) groups excluding carboxylic acids is 1. The van der Waals surface area contributed by atoms with Gasteiger partial charge in [-0.1, -0.05) is 36.4 Å². The topological polar surface area (TPSA) is 38.3 Å². The molecule has 0 fully saturated rings. The van der Waals surface area contributed by atoms with E-state index in [0.717, 1.165) is 31.6 Å². The predicted octanol–water partition coefficient (Wildman–Crippen LogP) is 4.11. The van der Waals surface area contributed by atoms with E-state index in [1.807, 2.05) is 0 Å². The van der Waals surface area contributed by atoms with Crippen molar-refractivity contribution in [1.82, 2.24) is 5.32 Å². The van der Waals surface area contributed by atoms with Crippen molar-refractivity contribution >= 4 is 5.91 Å². The van der Waals surface area contributed by atoms with Crippen LogP contribution in [0.4, 0.5) is 0 Å². The molecule has 0 heterocycles. The zero-order valence-corrected chi connectivity index (χ0v) is 15.1. The van der Waals surface area contributed by atoms with Crippen LogP contribution in [0.2, 0.25) is 0 Å². The van der Waals surface area contributed by atoms with Gasteiger partial charge in [-0.05, 0) is 66.3 Å². The SMILES string of the molecule is COc1ccc2c(c1)[C@H](CCNC(C)=O)[C@H](Cc1ccccc1)CC2. The second kappa shape index (κ2) is 8.19. The third-order valence-electron chi connectivity index (χ3n) is 5.28. The second-order valence-electron chi connectivity index (χ2n) is 6.93. The Hall–Kier alpha value is -2.29. The van der Waals surface area contributed by atoms with Crippen molar-refractivity contribution in [3.63, 3.8) is 0 Å². The molecule has 132 valence electrons. The van der Waals surface area contributed by atoms with Crippen molar-refractivity contribution in [2.45, 2.75) is 38.5 Å². The standard InChI is InChI=1S/C22H27NO2/c1-16(24)23-13-12-21-19(14-17-6-4-3-5-7-17)9-8-18-10-11-20(25-2)15-22(18)21/h3-7,10-11,15,19,21H,8-9,12-14H2,1-2H3,(H,23,24)/t19-,21+/m0/s1. The number of rotatable bonds is 6. The fourth-order valence-electron chi connectivity index (χ4n) is 4.02. The molecule has 3 nitrogen and oxygen atoms in total. The second-order valence-corrected chi connectivity index (χ2v) is 6.93. The first-order chi connectivity index (χ1) is 12.2. The summed E-state index contributed by atoms with van der Waals surface area (Å²) < 4.78 is 5.46. The Bertz CT molecular complexity index is 711. The molecular formula is C22H27NO2. The van der Waals surface area contributed by atoms with Crippen LogP contribution in [0.25, 0.3) is 0 Å². The van der Waals surface area contributed by atoms with E-state index in [2.05, 4.69) is 53.8 Å². The summed E-state index contributed by atoms with van der Waals surface area (Å²) in [4.78, 5) is 11.3. The van der Waals surface area contributed by atoms with Crippen LogP contribution in [0.15, 0.2) is 48.5 Å². The number of aryl methyl sites for hydroxylation is 1. The summed E-state index contributed by atoms with van der Waals surface area (Å²) in [6.07, 6.45) is 4.37. The number of fused-ring (bicyclic) bond motifs is 1. The smallest absolute Gasteiger partial charge is 0.216 e. The van der Waals surface area contributed by atoms with Crippen LogP contribution in [0.5, 0.6) is 5.75 Å². The predicted molar refractivity (Wildman–Crippen MR) is 101 cm³/mol. The normalized spacial score (nSPS) is 19.1. The van der Waals surface area contributed by atoms with Gasteiger partial charge in [0, 0.05) is 13.5 Å². The number of carbonyl (C=O) groups is 1. The van der Waals surface area contributed by atoms with Crippen LogP contribution < -0.4 is 10.1 Å². The molecule has 0 aliphatic heterocycles. The maximum absolute atomic E-state index is 11.3. The molecule has 0 bridgehead atoms. The third kappa shape index (κ3) is 4.41. The van der Waals surface area contributed by atoms with E-state index in [1.54, 1.807) is 14.0 Å². The van der Waals surface area contributed by atoms with Gasteiger partial charge in [0.25, 0.3) is 0 Å². The summed E-state index contributed by atoms with van der Waals surface area (Å²) >= 11 is 0. The molecule has 0 aromatic heterocycles. The molecule has 1 amide bonds. The Labute approximate surface area is 150 Å². The van der Waals surface area contributed by atoms with E-state index in [-0.39, 0.29) is 5.91 Å². The van der Waals surface area contributed by atoms with Gasteiger partial charge in [0.05, 0.1) is 7.11 Å². The molecule has 0 unspecified atom stereocenters. The summed E-state index contributed by atoms with van der Waals surface area (Å²) in [5.74, 6) is 2.01. The number of hydrogen-bond acceptors (Lipinski definition) is 2. The van der Waals surface area contributed by atoms with Crippen LogP contribution in [0, 0.1) is 5.92 Å². The Balaban J connectivity index is 1.84. The summed E-state index contributed by atoms with van der Waals surface area (Å²) in [5.41, 5.74) is 4.22. The monoisotopic (exact) mass is 337 g/mol. The van der Waals surface area contributed by atoms with Gasteiger partial charge >= 0.3 is 0 Å². The van der Waals surface area contributed by atoms with Gasteiger partial charge in [0.2, 0.25) is 5.91 Å². The minimum absolute atomic E-state index is 0.0429. The molecule has 0 spiro atoms. The molecule has 0 saturated carbocycles. The Morgan fingerprint density at radius 1 is 1.20 bits per heavy atom. The van der Waals surface area contributed by atoms with Crippen molar-refractivity contribution in [2.75, 3.05) is 13.7 Å². The van der Waals surface area contributed by atoms with Gasteiger partial charge in [0.1, 0.15) is 5.75 Å². The molecule has 1 aliphatic rings. The number of amides is 1. The highest BCUT2D eigenvalue weighted by Gasteiger charge is 2.29. The van der Waals surface area contributed by atoms with Crippen LogP contribution in [0.1, 0.15) is 42.4 Å². The molecule has 1 aliphatic carbocycles. The van der Waals surface area contributed by atoms with Gasteiger partial charge in [-0.3, -0.25) is 4.79 Å². The lowest BCUT2D eigenvalue weighted by molar-refractivity contribution is -0.118. The number of hydrogen-bond donors (Lipinski definition) is 1.